The van der Waals surface area contributed by atoms with Gasteiger partial charge in [-0.25, -0.2) is 0 Å². The van der Waals surface area contributed by atoms with E-state index < -0.39 is 0 Å². The van der Waals surface area contributed by atoms with Crippen LogP contribution in [0.5, 0.6) is 0 Å². The van der Waals surface area contributed by atoms with Crippen LogP contribution in [0.15, 0.2) is 30.3 Å². The molecule has 2 aliphatic heterocycles. The van der Waals surface area contributed by atoms with Crippen molar-refractivity contribution >= 4 is 11.8 Å². The Labute approximate surface area is 168 Å². The fourth-order valence-corrected chi connectivity index (χ4v) is 4.13. The molecule has 3 rings (SSSR count). The van der Waals surface area contributed by atoms with Gasteiger partial charge < -0.3 is 15.0 Å². The van der Waals surface area contributed by atoms with Crippen LogP contribution < -0.4 is 5.32 Å². The van der Waals surface area contributed by atoms with Crippen molar-refractivity contribution < 1.29 is 14.3 Å². The van der Waals surface area contributed by atoms with Gasteiger partial charge in [-0.3, -0.25) is 14.5 Å². The zero-order valence-electron chi connectivity index (χ0n) is 16.9. The Morgan fingerprint density at radius 3 is 2.36 bits per heavy atom. The quantitative estimate of drug-likeness (QED) is 0.778. The normalized spacial score (nSPS) is 19.5. The molecule has 0 bridgehead atoms. The van der Waals surface area contributed by atoms with Crippen LogP contribution in [-0.4, -0.2) is 67.6 Å². The van der Waals surface area contributed by atoms with Crippen molar-refractivity contribution in [2.75, 3.05) is 39.9 Å². The van der Waals surface area contributed by atoms with E-state index in [1.54, 1.807) is 7.11 Å². The monoisotopic (exact) mass is 387 g/mol. The van der Waals surface area contributed by atoms with Crippen molar-refractivity contribution in [3.63, 3.8) is 0 Å². The molecule has 2 aliphatic rings. The third-order valence-electron chi connectivity index (χ3n) is 5.92. The van der Waals surface area contributed by atoms with Crippen LogP contribution in [-0.2, 0) is 20.9 Å². The summed E-state index contributed by atoms with van der Waals surface area (Å²) in [5.74, 6) is 0.467. The number of rotatable bonds is 7. The van der Waals surface area contributed by atoms with E-state index >= 15 is 0 Å². The fraction of sp³-hybridized carbons (Fsp3) is 0.636. The maximum Gasteiger partial charge on any atom is 0.224 e. The summed E-state index contributed by atoms with van der Waals surface area (Å²) in [7, 11) is 1.61. The highest BCUT2D eigenvalue weighted by molar-refractivity contribution is 5.79. The van der Waals surface area contributed by atoms with E-state index in [9.17, 15) is 9.59 Å². The van der Waals surface area contributed by atoms with Gasteiger partial charge in [0.15, 0.2) is 0 Å². The van der Waals surface area contributed by atoms with Gasteiger partial charge in [0.05, 0.1) is 13.0 Å². The van der Waals surface area contributed by atoms with E-state index in [0.29, 0.717) is 13.0 Å². The molecule has 6 heteroatoms. The number of benzene rings is 1. The first-order valence-corrected chi connectivity index (χ1v) is 10.5. The lowest BCUT2D eigenvalue weighted by molar-refractivity contribution is -0.133. The number of likely N-dealkylation sites (tertiary alicyclic amines) is 2. The molecule has 154 valence electrons. The number of carbonyl (C=O) groups is 2. The highest BCUT2D eigenvalue weighted by atomic mass is 16.5. The van der Waals surface area contributed by atoms with E-state index in [1.165, 1.54) is 5.56 Å². The SMILES string of the molecule is COCCC(=O)N1CCC(NC(=O)C2CCN(Cc3ccccc3)CC2)CC1. The molecule has 6 nitrogen and oxygen atoms in total. The lowest BCUT2D eigenvalue weighted by Crippen LogP contribution is -2.49. The largest absolute Gasteiger partial charge is 0.384 e. The number of ether oxygens (including phenoxy) is 1. The minimum atomic E-state index is 0.119. The Kier molecular flexibility index (Phi) is 7.86. The first kappa shape index (κ1) is 20.8. The summed E-state index contributed by atoms with van der Waals surface area (Å²) in [4.78, 5) is 29.0. The Balaban J connectivity index is 1.35. The minimum Gasteiger partial charge on any atom is -0.384 e. The molecular formula is C22H33N3O3. The molecule has 28 heavy (non-hydrogen) atoms. The minimum absolute atomic E-state index is 0.119. The highest BCUT2D eigenvalue weighted by Gasteiger charge is 2.28. The Morgan fingerprint density at radius 1 is 1.04 bits per heavy atom. The second-order valence-corrected chi connectivity index (χ2v) is 7.94. The van der Waals surface area contributed by atoms with Crippen molar-refractivity contribution in [3.05, 3.63) is 35.9 Å². The molecule has 2 amide bonds. The number of nitrogens with one attached hydrogen (secondary N) is 1. The molecule has 0 atom stereocenters. The number of piperidine rings is 2. The number of hydrogen-bond donors (Lipinski definition) is 1. The van der Waals surface area contributed by atoms with Crippen molar-refractivity contribution in [1.82, 2.24) is 15.1 Å². The maximum atomic E-state index is 12.7. The first-order valence-electron chi connectivity index (χ1n) is 10.5. The highest BCUT2D eigenvalue weighted by Crippen LogP contribution is 2.20. The van der Waals surface area contributed by atoms with Crippen molar-refractivity contribution in [3.8, 4) is 0 Å². The molecule has 0 radical (unpaired) electrons. The smallest absolute Gasteiger partial charge is 0.224 e. The second kappa shape index (κ2) is 10.6. The van der Waals surface area contributed by atoms with E-state index in [4.69, 9.17) is 4.74 Å². The van der Waals surface area contributed by atoms with E-state index in [2.05, 4.69) is 34.5 Å². The van der Waals surface area contributed by atoms with Crippen molar-refractivity contribution in [2.45, 2.75) is 44.7 Å². The van der Waals surface area contributed by atoms with Crippen LogP contribution in [0.1, 0.15) is 37.7 Å². The van der Waals surface area contributed by atoms with Gasteiger partial charge in [-0.15, -0.1) is 0 Å². The predicted octanol–water partition coefficient (Wildman–Crippen LogP) is 2.04. The summed E-state index contributed by atoms with van der Waals surface area (Å²) in [6, 6.07) is 10.7. The lowest BCUT2D eigenvalue weighted by atomic mass is 9.94. The lowest BCUT2D eigenvalue weighted by Gasteiger charge is -2.35. The molecule has 1 N–H and O–H groups in total. The van der Waals surface area contributed by atoms with Crippen molar-refractivity contribution in [2.24, 2.45) is 5.92 Å². The third kappa shape index (κ3) is 6.04. The van der Waals surface area contributed by atoms with Gasteiger partial charge in [0.2, 0.25) is 11.8 Å². The van der Waals surface area contributed by atoms with Gasteiger partial charge >= 0.3 is 0 Å². The number of amides is 2. The molecule has 1 aromatic carbocycles. The Morgan fingerprint density at radius 2 is 1.71 bits per heavy atom. The topological polar surface area (TPSA) is 61.9 Å². The summed E-state index contributed by atoms with van der Waals surface area (Å²) in [5, 5.41) is 3.24. The maximum absolute atomic E-state index is 12.7. The summed E-state index contributed by atoms with van der Waals surface area (Å²) in [6.45, 7) is 4.83. The van der Waals surface area contributed by atoms with Gasteiger partial charge in [-0.05, 0) is 44.3 Å². The number of methoxy groups -OCH3 is 1. The van der Waals surface area contributed by atoms with Gasteiger partial charge in [0, 0.05) is 38.7 Å². The Hall–Kier alpha value is -1.92. The second-order valence-electron chi connectivity index (χ2n) is 7.94. The van der Waals surface area contributed by atoms with Crippen LogP contribution in [0.2, 0.25) is 0 Å². The molecule has 2 heterocycles. The fourth-order valence-electron chi connectivity index (χ4n) is 4.13. The molecule has 0 aromatic heterocycles. The summed E-state index contributed by atoms with van der Waals surface area (Å²) < 4.78 is 4.98. The molecule has 0 unspecified atom stereocenters. The molecule has 2 fully saturated rings. The van der Waals surface area contributed by atoms with Crippen molar-refractivity contribution in [1.29, 1.82) is 0 Å². The number of carbonyl (C=O) groups excluding carboxylic acids is 2. The average Bonchev–Trinajstić information content (AvgIpc) is 2.74. The summed E-state index contributed by atoms with van der Waals surface area (Å²) in [6.07, 6.45) is 3.98. The zero-order valence-corrected chi connectivity index (χ0v) is 16.9. The van der Waals surface area contributed by atoms with E-state index in [1.807, 2.05) is 11.0 Å². The molecular weight excluding hydrogens is 354 g/mol. The predicted molar refractivity (Wildman–Crippen MR) is 109 cm³/mol. The third-order valence-corrected chi connectivity index (χ3v) is 5.92. The summed E-state index contributed by atoms with van der Waals surface area (Å²) >= 11 is 0. The van der Waals surface area contributed by atoms with Gasteiger partial charge in [-0.2, -0.15) is 0 Å². The first-order chi connectivity index (χ1) is 13.7. The van der Waals surface area contributed by atoms with Crippen LogP contribution in [0.25, 0.3) is 0 Å². The van der Waals surface area contributed by atoms with Gasteiger partial charge in [0.1, 0.15) is 0 Å². The van der Waals surface area contributed by atoms with Crippen LogP contribution >= 0.6 is 0 Å². The van der Waals surface area contributed by atoms with E-state index in [-0.39, 0.29) is 23.8 Å². The average molecular weight is 388 g/mol. The zero-order chi connectivity index (χ0) is 19.8. The van der Waals surface area contributed by atoms with Crippen LogP contribution in [0.4, 0.5) is 0 Å². The Bertz CT molecular complexity index is 621. The molecule has 2 saturated heterocycles. The van der Waals surface area contributed by atoms with Gasteiger partial charge in [0.25, 0.3) is 0 Å². The van der Waals surface area contributed by atoms with Crippen LogP contribution in [0, 0.1) is 5.92 Å². The number of nitrogens with zero attached hydrogens (tertiary/aromatic N) is 2. The number of hydrogen-bond acceptors (Lipinski definition) is 4. The molecule has 0 spiro atoms. The summed E-state index contributed by atoms with van der Waals surface area (Å²) in [5.41, 5.74) is 1.33. The molecule has 0 saturated carbocycles. The van der Waals surface area contributed by atoms with E-state index in [0.717, 1.165) is 58.4 Å². The molecule has 1 aromatic rings. The van der Waals surface area contributed by atoms with Crippen LogP contribution in [0.3, 0.4) is 0 Å². The standard InChI is InChI=1S/C22H33N3O3/c1-28-16-11-21(26)25-14-9-20(10-15-25)23-22(27)19-7-12-24(13-8-19)17-18-5-3-2-4-6-18/h2-6,19-20H,7-17H2,1H3,(H,23,27). The van der Waals surface area contributed by atoms with Gasteiger partial charge in [-0.1, -0.05) is 30.3 Å². The molecule has 0 aliphatic carbocycles.